The van der Waals surface area contributed by atoms with Gasteiger partial charge in [0, 0.05) is 13.3 Å². The third kappa shape index (κ3) is 1.47. The van der Waals surface area contributed by atoms with Crippen LogP contribution in [-0.2, 0) is 7.05 Å². The van der Waals surface area contributed by atoms with Crippen molar-refractivity contribution in [2.45, 2.75) is 0 Å². The van der Waals surface area contributed by atoms with Crippen LogP contribution in [0.4, 0.5) is 10.7 Å². The van der Waals surface area contributed by atoms with Crippen LogP contribution < -0.4 is 4.31 Å². The van der Waals surface area contributed by atoms with E-state index in [4.69, 9.17) is 5.11 Å². The van der Waals surface area contributed by atoms with Crippen molar-refractivity contribution in [3.8, 4) is 0 Å². The van der Waals surface area contributed by atoms with E-state index >= 15 is 0 Å². The highest BCUT2D eigenvalue weighted by atomic mass is 32.2. The monoisotopic (exact) mass is 189 g/mol. The molecule has 0 atom stereocenters. The Hall–Kier alpha value is -1.31. The standard InChI is InChI=1S/C4H7N5O2S/c1-8-3(5-6-7-8)9(12-2)4(10)11/h1-2H3,(H,10,11). The lowest BCUT2D eigenvalue weighted by Gasteiger charge is -2.11. The molecule has 0 saturated heterocycles. The first kappa shape index (κ1) is 8.78. The molecule has 1 amide bonds. The maximum absolute atomic E-state index is 10.6. The van der Waals surface area contributed by atoms with Gasteiger partial charge in [0.25, 0.3) is 5.95 Å². The molecule has 1 aromatic heterocycles. The zero-order valence-corrected chi connectivity index (χ0v) is 7.32. The number of carbonyl (C=O) groups is 1. The van der Waals surface area contributed by atoms with Crippen molar-refractivity contribution in [1.29, 1.82) is 0 Å². The van der Waals surface area contributed by atoms with Gasteiger partial charge in [-0.1, -0.05) is 5.10 Å². The molecule has 0 saturated carbocycles. The van der Waals surface area contributed by atoms with E-state index in [9.17, 15) is 4.79 Å². The molecule has 0 radical (unpaired) electrons. The van der Waals surface area contributed by atoms with E-state index in [2.05, 4.69) is 15.5 Å². The average molecular weight is 189 g/mol. The normalized spacial score (nSPS) is 9.83. The summed E-state index contributed by atoms with van der Waals surface area (Å²) in [5.41, 5.74) is 0. The van der Waals surface area contributed by atoms with Crippen molar-refractivity contribution in [3.63, 3.8) is 0 Å². The van der Waals surface area contributed by atoms with Gasteiger partial charge in [0.1, 0.15) is 0 Å². The molecule has 12 heavy (non-hydrogen) atoms. The number of hydrogen-bond acceptors (Lipinski definition) is 5. The first-order chi connectivity index (χ1) is 5.66. The molecule has 0 unspecified atom stereocenters. The number of hydrogen-bond donors (Lipinski definition) is 1. The molecular weight excluding hydrogens is 182 g/mol. The van der Waals surface area contributed by atoms with Crippen LogP contribution in [0.25, 0.3) is 0 Å². The summed E-state index contributed by atoms with van der Waals surface area (Å²) >= 11 is 1.02. The van der Waals surface area contributed by atoms with Crippen molar-refractivity contribution in [1.82, 2.24) is 20.2 Å². The highest BCUT2D eigenvalue weighted by Gasteiger charge is 2.18. The van der Waals surface area contributed by atoms with Crippen LogP contribution in [0.2, 0.25) is 0 Å². The number of tetrazole rings is 1. The molecule has 1 aromatic rings. The van der Waals surface area contributed by atoms with E-state index in [1.54, 1.807) is 13.3 Å². The fraction of sp³-hybridized carbons (Fsp3) is 0.500. The second kappa shape index (κ2) is 3.39. The number of rotatable bonds is 2. The Labute approximate surface area is 72.5 Å². The van der Waals surface area contributed by atoms with Crippen LogP contribution in [0, 0.1) is 0 Å². The number of amides is 1. The minimum atomic E-state index is -1.10. The molecule has 8 heteroatoms. The molecule has 0 fully saturated rings. The van der Waals surface area contributed by atoms with Gasteiger partial charge in [-0.2, -0.15) is 4.31 Å². The number of carboxylic acid groups (broad SMARTS) is 1. The summed E-state index contributed by atoms with van der Waals surface area (Å²) < 4.78 is 2.25. The van der Waals surface area contributed by atoms with Gasteiger partial charge in [0.05, 0.1) is 0 Å². The van der Waals surface area contributed by atoms with Crippen molar-refractivity contribution in [2.75, 3.05) is 10.6 Å². The van der Waals surface area contributed by atoms with Crippen molar-refractivity contribution < 1.29 is 9.90 Å². The summed E-state index contributed by atoms with van der Waals surface area (Å²) in [5.74, 6) is 0.190. The van der Waals surface area contributed by atoms with Crippen LogP contribution in [-0.4, -0.2) is 37.7 Å². The van der Waals surface area contributed by atoms with Crippen LogP contribution in [0.15, 0.2) is 0 Å². The summed E-state index contributed by atoms with van der Waals surface area (Å²) in [6.07, 6.45) is 0.531. The Kier molecular flexibility index (Phi) is 2.48. The lowest BCUT2D eigenvalue weighted by molar-refractivity contribution is 0.206. The first-order valence-electron chi connectivity index (χ1n) is 2.96. The molecule has 0 aliphatic carbocycles. The Morgan fingerprint density at radius 2 is 2.42 bits per heavy atom. The van der Waals surface area contributed by atoms with Crippen LogP contribution >= 0.6 is 11.9 Å². The van der Waals surface area contributed by atoms with Crippen LogP contribution in [0.1, 0.15) is 0 Å². The summed E-state index contributed by atoms with van der Waals surface area (Å²) in [7, 11) is 1.57. The van der Waals surface area contributed by atoms with Crippen molar-refractivity contribution >= 4 is 24.0 Å². The predicted octanol–water partition coefficient (Wildman–Crippen LogP) is -0.0275. The third-order valence-corrected chi connectivity index (χ3v) is 1.82. The summed E-state index contributed by atoms with van der Waals surface area (Å²) in [4.78, 5) is 10.6. The zero-order valence-electron chi connectivity index (χ0n) is 6.50. The number of aryl methyl sites for hydroxylation is 1. The fourth-order valence-corrected chi connectivity index (χ4v) is 1.12. The Bertz CT molecular complexity index is 287. The molecule has 1 heterocycles. The van der Waals surface area contributed by atoms with Gasteiger partial charge in [0.2, 0.25) is 0 Å². The van der Waals surface area contributed by atoms with E-state index in [1.165, 1.54) is 4.68 Å². The Morgan fingerprint density at radius 1 is 1.75 bits per heavy atom. The molecule has 7 nitrogen and oxygen atoms in total. The Balaban J connectivity index is 2.94. The molecule has 0 aromatic carbocycles. The highest BCUT2D eigenvalue weighted by molar-refractivity contribution is 8.00. The van der Waals surface area contributed by atoms with E-state index in [0.717, 1.165) is 16.3 Å². The smallest absolute Gasteiger partial charge is 0.424 e. The maximum atomic E-state index is 10.6. The SMILES string of the molecule is CSN(C(=O)O)c1nnnn1C. The van der Waals surface area contributed by atoms with E-state index < -0.39 is 6.09 Å². The number of nitrogens with zero attached hydrogens (tertiary/aromatic N) is 5. The molecule has 66 valence electrons. The predicted molar refractivity (Wildman–Crippen MR) is 42.8 cm³/mol. The van der Waals surface area contributed by atoms with Gasteiger partial charge in [-0.3, -0.25) is 0 Å². The summed E-state index contributed by atoms with van der Waals surface area (Å²) in [6, 6.07) is 0. The molecule has 0 aliphatic heterocycles. The van der Waals surface area contributed by atoms with Gasteiger partial charge in [-0.25, -0.2) is 9.48 Å². The zero-order chi connectivity index (χ0) is 9.14. The fourth-order valence-electron chi connectivity index (χ4n) is 0.642. The second-order valence-electron chi connectivity index (χ2n) is 1.86. The lowest BCUT2D eigenvalue weighted by atomic mass is 10.9. The lowest BCUT2D eigenvalue weighted by Crippen LogP contribution is -2.23. The number of anilines is 1. The minimum Gasteiger partial charge on any atom is -0.464 e. The molecule has 1 rings (SSSR count). The van der Waals surface area contributed by atoms with Crippen LogP contribution in [0.3, 0.4) is 0 Å². The molecule has 0 bridgehead atoms. The molecule has 0 aliphatic rings. The molecule has 1 N–H and O–H groups in total. The Morgan fingerprint density at radius 3 is 2.75 bits per heavy atom. The minimum absolute atomic E-state index is 0.190. The van der Waals surface area contributed by atoms with Crippen molar-refractivity contribution in [2.24, 2.45) is 7.05 Å². The van der Waals surface area contributed by atoms with Gasteiger partial charge in [-0.15, -0.1) is 0 Å². The highest BCUT2D eigenvalue weighted by Crippen LogP contribution is 2.15. The topological polar surface area (TPSA) is 84.1 Å². The maximum Gasteiger partial charge on any atom is 0.424 e. The quantitative estimate of drug-likeness (QED) is 0.658. The van der Waals surface area contributed by atoms with E-state index in [-0.39, 0.29) is 5.95 Å². The summed E-state index contributed by atoms with van der Waals surface area (Å²) in [5, 5.41) is 19.0. The van der Waals surface area contributed by atoms with E-state index in [1.807, 2.05) is 0 Å². The first-order valence-corrected chi connectivity index (χ1v) is 4.14. The number of aromatic nitrogens is 4. The largest absolute Gasteiger partial charge is 0.464 e. The third-order valence-electron chi connectivity index (χ3n) is 1.14. The summed E-state index contributed by atoms with van der Waals surface area (Å²) in [6.45, 7) is 0. The van der Waals surface area contributed by atoms with Crippen molar-refractivity contribution in [3.05, 3.63) is 0 Å². The average Bonchev–Trinajstić information content (AvgIpc) is 2.38. The molecule has 0 spiro atoms. The van der Waals surface area contributed by atoms with E-state index in [0.29, 0.717) is 0 Å². The van der Waals surface area contributed by atoms with Gasteiger partial charge in [-0.05, 0) is 22.4 Å². The van der Waals surface area contributed by atoms with Crippen LogP contribution in [0.5, 0.6) is 0 Å². The second-order valence-corrected chi connectivity index (χ2v) is 2.59. The van der Waals surface area contributed by atoms with Gasteiger partial charge < -0.3 is 5.11 Å². The molecular formula is C4H7N5O2S. The van der Waals surface area contributed by atoms with Gasteiger partial charge in [0.15, 0.2) is 0 Å². The van der Waals surface area contributed by atoms with Gasteiger partial charge >= 0.3 is 6.09 Å².